The molecule has 1 heterocycles. The van der Waals surface area contributed by atoms with Gasteiger partial charge < -0.3 is 14.0 Å². The Balaban J connectivity index is 1.62. The molecule has 12 heteroatoms. The summed E-state index contributed by atoms with van der Waals surface area (Å²) in [5.41, 5.74) is 6.83. The molecule has 0 aliphatic heterocycles. The fourth-order valence-electron chi connectivity index (χ4n) is 4.41. The molecule has 0 spiro atoms. The summed E-state index contributed by atoms with van der Waals surface area (Å²) in [5, 5.41) is 5.00. The lowest BCUT2D eigenvalue weighted by Crippen LogP contribution is -2.39. The van der Waals surface area contributed by atoms with Crippen LogP contribution in [-0.2, 0) is 14.8 Å². The number of sulfonamides is 1. The van der Waals surface area contributed by atoms with Crippen LogP contribution in [0.25, 0.3) is 5.69 Å². The number of carbonyl (C=O) groups is 1. The molecule has 0 saturated carbocycles. The fraction of sp³-hybridized carbons (Fsp3) is 0.200. The van der Waals surface area contributed by atoms with Gasteiger partial charge in [-0.25, -0.2) is 13.8 Å². The molecular weight excluding hydrogens is 599 g/mol. The molecule has 0 fully saturated rings. The molecule has 4 rings (SSSR count). The number of anilines is 1. The SMILES string of the molecule is COc1ccc(OC)c(N(CC(=O)N/N=C\c2cc(C)n(-c3ccc(Cl)c(Cl)c3)c2C)S(=O)(=O)c2ccc(C)cc2)c1. The molecule has 1 aromatic heterocycles. The lowest BCUT2D eigenvalue weighted by Gasteiger charge is -2.25. The first kappa shape index (κ1) is 31.0. The van der Waals surface area contributed by atoms with E-state index in [1.807, 2.05) is 37.5 Å². The van der Waals surface area contributed by atoms with Crippen molar-refractivity contribution in [2.45, 2.75) is 25.7 Å². The standard InChI is InChI=1S/C30H30Cl2N4O5S/c1-19-6-10-25(11-7-19)42(38,39)35(28-16-24(40-4)9-13-29(28)41-5)18-30(37)34-33-17-22-14-20(2)36(21(22)3)23-8-12-26(31)27(32)15-23/h6-17H,18H2,1-5H3,(H,34,37)/b33-17-. The number of hydrogen-bond donors (Lipinski definition) is 1. The molecule has 220 valence electrons. The van der Waals surface area contributed by atoms with E-state index in [4.69, 9.17) is 32.7 Å². The molecule has 0 aliphatic rings. The molecule has 9 nitrogen and oxygen atoms in total. The van der Waals surface area contributed by atoms with E-state index in [1.54, 1.807) is 36.4 Å². The van der Waals surface area contributed by atoms with E-state index in [9.17, 15) is 13.2 Å². The number of hydrazone groups is 1. The molecule has 0 saturated heterocycles. The van der Waals surface area contributed by atoms with Gasteiger partial charge in [-0.05, 0) is 69.3 Å². The van der Waals surface area contributed by atoms with E-state index in [-0.39, 0.29) is 16.3 Å². The van der Waals surface area contributed by atoms with Crippen LogP contribution >= 0.6 is 23.2 Å². The van der Waals surface area contributed by atoms with Gasteiger partial charge in [0.1, 0.15) is 18.0 Å². The highest BCUT2D eigenvalue weighted by Crippen LogP contribution is 2.35. The lowest BCUT2D eigenvalue weighted by atomic mass is 10.2. The summed E-state index contributed by atoms with van der Waals surface area (Å²) in [6.07, 6.45) is 1.50. The van der Waals surface area contributed by atoms with Crippen molar-refractivity contribution in [1.82, 2.24) is 9.99 Å². The van der Waals surface area contributed by atoms with Crippen LogP contribution < -0.4 is 19.2 Å². The largest absolute Gasteiger partial charge is 0.497 e. The smallest absolute Gasteiger partial charge is 0.264 e. The van der Waals surface area contributed by atoms with Crippen molar-refractivity contribution in [2.24, 2.45) is 5.10 Å². The molecule has 1 amide bonds. The highest BCUT2D eigenvalue weighted by atomic mass is 35.5. The second-order valence-electron chi connectivity index (χ2n) is 9.42. The third-order valence-corrected chi connectivity index (χ3v) is 9.09. The van der Waals surface area contributed by atoms with Crippen molar-refractivity contribution in [3.63, 3.8) is 0 Å². The van der Waals surface area contributed by atoms with Crippen molar-refractivity contribution in [3.8, 4) is 17.2 Å². The van der Waals surface area contributed by atoms with E-state index in [0.717, 1.165) is 32.5 Å². The minimum Gasteiger partial charge on any atom is -0.497 e. The molecule has 0 radical (unpaired) electrons. The van der Waals surface area contributed by atoms with Crippen molar-refractivity contribution < 1.29 is 22.7 Å². The normalized spacial score (nSPS) is 11.5. The first-order chi connectivity index (χ1) is 20.0. The highest BCUT2D eigenvalue weighted by molar-refractivity contribution is 7.92. The Morgan fingerprint density at radius 1 is 0.952 bits per heavy atom. The van der Waals surface area contributed by atoms with Crippen LogP contribution in [0.1, 0.15) is 22.5 Å². The zero-order valence-electron chi connectivity index (χ0n) is 23.7. The number of aryl methyl sites for hydroxylation is 2. The van der Waals surface area contributed by atoms with Crippen LogP contribution in [0, 0.1) is 20.8 Å². The average molecular weight is 630 g/mol. The third-order valence-electron chi connectivity index (χ3n) is 6.58. The van der Waals surface area contributed by atoms with Crippen LogP contribution in [0.2, 0.25) is 10.0 Å². The maximum atomic E-state index is 13.8. The predicted octanol–water partition coefficient (Wildman–Crippen LogP) is 6.07. The lowest BCUT2D eigenvalue weighted by molar-refractivity contribution is -0.119. The maximum Gasteiger partial charge on any atom is 0.264 e. The summed E-state index contributed by atoms with van der Waals surface area (Å²) < 4.78 is 41.3. The van der Waals surface area contributed by atoms with Crippen molar-refractivity contribution >= 4 is 51.0 Å². The van der Waals surface area contributed by atoms with Gasteiger partial charge in [-0.2, -0.15) is 5.10 Å². The zero-order chi connectivity index (χ0) is 30.6. The molecule has 0 bridgehead atoms. The fourth-order valence-corrected chi connectivity index (χ4v) is 6.12. The van der Waals surface area contributed by atoms with Gasteiger partial charge >= 0.3 is 0 Å². The summed E-state index contributed by atoms with van der Waals surface area (Å²) in [7, 11) is -1.31. The van der Waals surface area contributed by atoms with Gasteiger partial charge in [0.15, 0.2) is 0 Å². The van der Waals surface area contributed by atoms with Gasteiger partial charge in [0.25, 0.3) is 15.9 Å². The Labute approximate surface area is 255 Å². The van der Waals surface area contributed by atoms with Crippen molar-refractivity contribution in [3.05, 3.63) is 99.3 Å². The molecule has 4 aromatic rings. The van der Waals surface area contributed by atoms with E-state index in [2.05, 4.69) is 10.5 Å². The van der Waals surface area contributed by atoms with Gasteiger partial charge in [0, 0.05) is 28.7 Å². The summed E-state index contributed by atoms with van der Waals surface area (Å²) in [5.74, 6) is -0.0201. The number of carbonyl (C=O) groups excluding carboxylic acids is 1. The Kier molecular flexibility index (Phi) is 9.50. The minimum absolute atomic E-state index is 0.0176. The van der Waals surface area contributed by atoms with Crippen molar-refractivity contribution in [2.75, 3.05) is 25.1 Å². The summed E-state index contributed by atoms with van der Waals surface area (Å²) in [6, 6.07) is 18.3. The number of hydrogen-bond acceptors (Lipinski definition) is 6. The van der Waals surface area contributed by atoms with E-state index in [1.165, 1.54) is 38.6 Å². The number of nitrogens with one attached hydrogen (secondary N) is 1. The van der Waals surface area contributed by atoms with Crippen LogP contribution in [0.4, 0.5) is 5.69 Å². The molecule has 0 unspecified atom stereocenters. The van der Waals surface area contributed by atoms with E-state index < -0.39 is 22.5 Å². The number of nitrogens with zero attached hydrogens (tertiary/aromatic N) is 3. The third kappa shape index (κ3) is 6.56. The van der Waals surface area contributed by atoms with Crippen LogP contribution in [0.5, 0.6) is 11.5 Å². The summed E-state index contributed by atoms with van der Waals surface area (Å²) in [4.78, 5) is 13.1. The second-order valence-corrected chi connectivity index (χ2v) is 12.1. The van der Waals surface area contributed by atoms with E-state index >= 15 is 0 Å². The van der Waals surface area contributed by atoms with Crippen LogP contribution in [0.3, 0.4) is 0 Å². The predicted molar refractivity (Wildman–Crippen MR) is 166 cm³/mol. The second kappa shape index (κ2) is 12.9. The highest BCUT2D eigenvalue weighted by Gasteiger charge is 2.30. The number of aromatic nitrogens is 1. The molecule has 3 aromatic carbocycles. The van der Waals surface area contributed by atoms with Gasteiger partial charge in [0.2, 0.25) is 0 Å². The number of ether oxygens (including phenoxy) is 2. The monoisotopic (exact) mass is 628 g/mol. The first-order valence-electron chi connectivity index (χ1n) is 12.7. The summed E-state index contributed by atoms with van der Waals surface area (Å²) in [6.45, 7) is 5.12. The Bertz CT molecular complexity index is 1750. The quantitative estimate of drug-likeness (QED) is 0.170. The van der Waals surface area contributed by atoms with Gasteiger partial charge in [-0.15, -0.1) is 0 Å². The van der Waals surface area contributed by atoms with Gasteiger partial charge in [-0.1, -0.05) is 40.9 Å². The molecule has 0 atom stereocenters. The number of rotatable bonds is 10. The topological polar surface area (TPSA) is 102 Å². The summed E-state index contributed by atoms with van der Waals surface area (Å²) >= 11 is 12.3. The first-order valence-corrected chi connectivity index (χ1v) is 14.9. The molecule has 0 aliphatic carbocycles. The van der Waals surface area contributed by atoms with Crippen molar-refractivity contribution in [1.29, 1.82) is 0 Å². The van der Waals surface area contributed by atoms with Crippen LogP contribution in [0.15, 0.2) is 76.7 Å². The minimum atomic E-state index is -4.19. The van der Waals surface area contributed by atoms with E-state index in [0.29, 0.717) is 15.8 Å². The Morgan fingerprint density at radius 3 is 2.31 bits per heavy atom. The average Bonchev–Trinajstić information content (AvgIpc) is 3.25. The molecule has 42 heavy (non-hydrogen) atoms. The maximum absolute atomic E-state index is 13.8. The number of amides is 1. The number of benzene rings is 3. The van der Waals surface area contributed by atoms with Gasteiger partial charge in [-0.3, -0.25) is 9.10 Å². The Hall–Kier alpha value is -3.99. The number of methoxy groups -OCH3 is 2. The van der Waals surface area contributed by atoms with Crippen LogP contribution in [-0.4, -0.2) is 45.9 Å². The molecular formula is C30H30Cl2N4O5S. The van der Waals surface area contributed by atoms with Gasteiger partial charge in [0.05, 0.1) is 41.1 Å². The Morgan fingerprint density at radius 2 is 1.67 bits per heavy atom. The zero-order valence-corrected chi connectivity index (χ0v) is 26.0. The molecule has 1 N–H and O–H groups in total. The number of halogens is 2.